The summed E-state index contributed by atoms with van der Waals surface area (Å²) in [5.41, 5.74) is 0. The van der Waals surface area contributed by atoms with Crippen LogP contribution in [0.3, 0.4) is 0 Å². The number of piperidine rings is 1. The van der Waals surface area contributed by atoms with Gasteiger partial charge in [0.2, 0.25) is 5.91 Å². The SMILES string of the molecule is CN(C)C(=O)N1CCC(NC2CNC(=O)C2)CC1. The zero-order valence-electron chi connectivity index (χ0n) is 11.1. The zero-order valence-corrected chi connectivity index (χ0v) is 11.1. The average molecular weight is 254 g/mol. The monoisotopic (exact) mass is 254 g/mol. The summed E-state index contributed by atoms with van der Waals surface area (Å²) in [6, 6.07) is 0.777. The van der Waals surface area contributed by atoms with E-state index >= 15 is 0 Å². The molecule has 6 nitrogen and oxygen atoms in total. The average Bonchev–Trinajstić information content (AvgIpc) is 2.75. The maximum Gasteiger partial charge on any atom is 0.319 e. The van der Waals surface area contributed by atoms with E-state index in [1.807, 2.05) is 4.90 Å². The number of nitrogens with one attached hydrogen (secondary N) is 2. The lowest BCUT2D eigenvalue weighted by atomic mass is 10.0. The molecule has 2 aliphatic heterocycles. The molecule has 3 amide bonds. The molecule has 2 rings (SSSR count). The highest BCUT2D eigenvalue weighted by molar-refractivity contribution is 5.78. The van der Waals surface area contributed by atoms with Gasteiger partial charge >= 0.3 is 6.03 Å². The van der Waals surface area contributed by atoms with Crippen molar-refractivity contribution in [2.45, 2.75) is 31.3 Å². The Labute approximate surface area is 108 Å². The number of rotatable bonds is 2. The number of hydrogen-bond acceptors (Lipinski definition) is 3. The van der Waals surface area contributed by atoms with Crippen LogP contribution in [0.25, 0.3) is 0 Å². The fourth-order valence-corrected chi connectivity index (χ4v) is 2.58. The molecule has 1 unspecified atom stereocenters. The number of nitrogens with zero attached hydrogens (tertiary/aromatic N) is 2. The maximum atomic E-state index is 11.8. The molecule has 0 aromatic carbocycles. The quantitative estimate of drug-likeness (QED) is 0.705. The Balaban J connectivity index is 1.73. The summed E-state index contributed by atoms with van der Waals surface area (Å²) in [6.07, 6.45) is 2.51. The Morgan fingerprint density at radius 1 is 1.33 bits per heavy atom. The minimum absolute atomic E-state index is 0.0890. The van der Waals surface area contributed by atoms with Gasteiger partial charge in [-0.05, 0) is 12.8 Å². The molecule has 0 bridgehead atoms. The van der Waals surface area contributed by atoms with Gasteiger partial charge in [0, 0.05) is 52.2 Å². The molecule has 0 aromatic heterocycles. The van der Waals surface area contributed by atoms with Gasteiger partial charge in [-0.25, -0.2) is 4.79 Å². The second kappa shape index (κ2) is 5.56. The van der Waals surface area contributed by atoms with Crippen molar-refractivity contribution in [2.24, 2.45) is 0 Å². The summed E-state index contributed by atoms with van der Waals surface area (Å²) in [6.45, 7) is 2.32. The molecule has 102 valence electrons. The molecule has 2 fully saturated rings. The van der Waals surface area contributed by atoms with Gasteiger partial charge < -0.3 is 20.4 Å². The van der Waals surface area contributed by atoms with Gasteiger partial charge in [0.05, 0.1) is 0 Å². The molecule has 0 saturated carbocycles. The van der Waals surface area contributed by atoms with Gasteiger partial charge in [0.15, 0.2) is 0 Å². The van der Waals surface area contributed by atoms with Crippen LogP contribution >= 0.6 is 0 Å². The van der Waals surface area contributed by atoms with E-state index in [9.17, 15) is 9.59 Å². The molecule has 2 N–H and O–H groups in total. The van der Waals surface area contributed by atoms with E-state index in [1.165, 1.54) is 0 Å². The molecule has 0 aliphatic carbocycles. The number of urea groups is 1. The van der Waals surface area contributed by atoms with E-state index in [4.69, 9.17) is 0 Å². The Morgan fingerprint density at radius 3 is 2.50 bits per heavy atom. The highest BCUT2D eigenvalue weighted by Crippen LogP contribution is 2.13. The summed E-state index contributed by atoms with van der Waals surface area (Å²) in [5.74, 6) is 0.132. The van der Waals surface area contributed by atoms with Crippen molar-refractivity contribution in [3.8, 4) is 0 Å². The number of carbonyl (C=O) groups is 2. The van der Waals surface area contributed by atoms with Gasteiger partial charge in [-0.1, -0.05) is 0 Å². The summed E-state index contributed by atoms with van der Waals surface area (Å²) in [5, 5.41) is 6.33. The number of hydrogen-bond donors (Lipinski definition) is 2. The fraction of sp³-hybridized carbons (Fsp3) is 0.833. The minimum Gasteiger partial charge on any atom is -0.354 e. The van der Waals surface area contributed by atoms with E-state index in [2.05, 4.69) is 10.6 Å². The van der Waals surface area contributed by atoms with Crippen LogP contribution in [0.4, 0.5) is 4.79 Å². The van der Waals surface area contributed by atoms with E-state index < -0.39 is 0 Å². The number of likely N-dealkylation sites (tertiary alicyclic amines) is 1. The largest absolute Gasteiger partial charge is 0.354 e. The molecule has 0 radical (unpaired) electrons. The van der Waals surface area contributed by atoms with Crippen molar-refractivity contribution in [3.05, 3.63) is 0 Å². The Morgan fingerprint density at radius 2 is 2.00 bits per heavy atom. The number of amides is 3. The molecule has 1 atom stereocenters. The lowest BCUT2D eigenvalue weighted by molar-refractivity contribution is -0.119. The third kappa shape index (κ3) is 3.13. The molecule has 0 aromatic rings. The van der Waals surface area contributed by atoms with Crippen LogP contribution < -0.4 is 10.6 Å². The van der Waals surface area contributed by atoms with Crippen molar-refractivity contribution < 1.29 is 9.59 Å². The Bertz CT molecular complexity index is 324. The van der Waals surface area contributed by atoms with E-state index in [0.29, 0.717) is 12.5 Å². The van der Waals surface area contributed by atoms with E-state index in [0.717, 1.165) is 32.5 Å². The smallest absolute Gasteiger partial charge is 0.319 e. The predicted octanol–water partition coefficient (Wildman–Crippen LogP) is -0.389. The predicted molar refractivity (Wildman–Crippen MR) is 68.2 cm³/mol. The van der Waals surface area contributed by atoms with Gasteiger partial charge in [-0.2, -0.15) is 0 Å². The second-order valence-electron chi connectivity index (χ2n) is 5.31. The van der Waals surface area contributed by atoms with Gasteiger partial charge in [-0.15, -0.1) is 0 Å². The van der Waals surface area contributed by atoms with Crippen LogP contribution in [0.1, 0.15) is 19.3 Å². The summed E-state index contributed by atoms with van der Waals surface area (Å²) in [7, 11) is 3.56. The van der Waals surface area contributed by atoms with Gasteiger partial charge in [0.1, 0.15) is 0 Å². The van der Waals surface area contributed by atoms with Gasteiger partial charge in [0.25, 0.3) is 0 Å². The molecule has 18 heavy (non-hydrogen) atoms. The van der Waals surface area contributed by atoms with Gasteiger partial charge in [-0.3, -0.25) is 4.79 Å². The zero-order chi connectivity index (χ0) is 13.1. The standard InChI is InChI=1S/C12H22N4O2/c1-15(2)12(18)16-5-3-9(4-6-16)14-10-7-11(17)13-8-10/h9-10,14H,3-8H2,1-2H3,(H,13,17). The maximum absolute atomic E-state index is 11.8. The summed E-state index contributed by atoms with van der Waals surface area (Å²) >= 11 is 0. The Kier molecular flexibility index (Phi) is 4.06. The van der Waals surface area contributed by atoms with Crippen LogP contribution in [0, 0.1) is 0 Å². The Hall–Kier alpha value is -1.30. The third-order valence-electron chi connectivity index (χ3n) is 3.60. The molecule has 6 heteroatoms. The topological polar surface area (TPSA) is 64.7 Å². The van der Waals surface area contributed by atoms with Crippen molar-refractivity contribution >= 4 is 11.9 Å². The first-order chi connectivity index (χ1) is 8.56. The number of carbonyl (C=O) groups excluding carboxylic acids is 2. The van der Waals surface area contributed by atoms with Crippen LogP contribution in [0.15, 0.2) is 0 Å². The molecular weight excluding hydrogens is 232 g/mol. The third-order valence-corrected chi connectivity index (χ3v) is 3.60. The van der Waals surface area contributed by atoms with E-state index in [-0.39, 0.29) is 18.0 Å². The summed E-state index contributed by atoms with van der Waals surface area (Å²) in [4.78, 5) is 26.4. The van der Waals surface area contributed by atoms with Crippen molar-refractivity contribution in [2.75, 3.05) is 33.7 Å². The van der Waals surface area contributed by atoms with E-state index in [1.54, 1.807) is 19.0 Å². The lowest BCUT2D eigenvalue weighted by Crippen LogP contribution is -2.50. The fourth-order valence-electron chi connectivity index (χ4n) is 2.58. The molecule has 2 heterocycles. The van der Waals surface area contributed by atoms with Crippen molar-refractivity contribution in [1.29, 1.82) is 0 Å². The van der Waals surface area contributed by atoms with Crippen LogP contribution in [-0.2, 0) is 4.79 Å². The highest BCUT2D eigenvalue weighted by Gasteiger charge is 2.28. The normalized spacial score (nSPS) is 25.1. The molecule has 2 saturated heterocycles. The summed E-state index contributed by atoms with van der Waals surface area (Å²) < 4.78 is 0. The highest BCUT2D eigenvalue weighted by atomic mass is 16.2. The molecule has 2 aliphatic rings. The van der Waals surface area contributed by atoms with Crippen LogP contribution in [0.2, 0.25) is 0 Å². The molecular formula is C12H22N4O2. The first-order valence-electron chi connectivity index (χ1n) is 6.55. The molecule has 0 spiro atoms. The van der Waals surface area contributed by atoms with Crippen molar-refractivity contribution in [1.82, 2.24) is 20.4 Å². The van der Waals surface area contributed by atoms with Crippen LogP contribution in [-0.4, -0.2) is 67.6 Å². The first-order valence-corrected chi connectivity index (χ1v) is 6.55. The first kappa shape index (κ1) is 13.1. The van der Waals surface area contributed by atoms with Crippen molar-refractivity contribution in [3.63, 3.8) is 0 Å². The van der Waals surface area contributed by atoms with Crippen LogP contribution in [0.5, 0.6) is 0 Å². The minimum atomic E-state index is 0.0890. The lowest BCUT2D eigenvalue weighted by Gasteiger charge is -2.35. The second-order valence-corrected chi connectivity index (χ2v) is 5.31.